The number of nitrogens with one attached hydrogen (secondary N) is 2. The summed E-state index contributed by atoms with van der Waals surface area (Å²) in [7, 11) is 0. The molecule has 1 aliphatic heterocycles. The number of morpholine rings is 1. The molecule has 0 aromatic heterocycles. The van der Waals surface area contributed by atoms with Crippen LogP contribution in [0.15, 0.2) is 48.5 Å². The zero-order valence-electron chi connectivity index (χ0n) is 14.0. The van der Waals surface area contributed by atoms with Crippen molar-refractivity contribution in [3.63, 3.8) is 0 Å². The predicted molar refractivity (Wildman–Crippen MR) is 98.6 cm³/mol. The Kier molecular flexibility index (Phi) is 5.81. The quantitative estimate of drug-likeness (QED) is 0.595. The Morgan fingerprint density at radius 2 is 1.84 bits per heavy atom. The minimum absolute atomic E-state index is 0.0839. The summed E-state index contributed by atoms with van der Waals surface area (Å²) in [4.78, 5) is 13.2. The molecule has 1 fully saturated rings. The Hall–Kier alpha value is -2.64. The van der Waals surface area contributed by atoms with Crippen molar-refractivity contribution in [1.82, 2.24) is 4.90 Å². The van der Waals surface area contributed by atoms with E-state index in [0.29, 0.717) is 12.2 Å². The molecule has 7 heteroatoms. The van der Waals surface area contributed by atoms with Gasteiger partial charge in [-0.3, -0.25) is 15.0 Å². The van der Waals surface area contributed by atoms with Gasteiger partial charge in [-0.25, -0.2) is 0 Å². The van der Waals surface area contributed by atoms with Gasteiger partial charge in [0.05, 0.1) is 18.1 Å². The van der Waals surface area contributed by atoms with Crippen LogP contribution in [-0.4, -0.2) is 49.2 Å². The molecule has 1 saturated heterocycles. The summed E-state index contributed by atoms with van der Waals surface area (Å²) in [6, 6.07) is 14.8. The number of rotatable bonds is 7. The van der Waals surface area contributed by atoms with E-state index in [1.807, 2.05) is 30.3 Å². The normalized spacial score (nSPS) is 14.9. The van der Waals surface area contributed by atoms with Crippen LogP contribution in [0.25, 0.3) is 0 Å². The number of nitrogens with zero attached hydrogens (tertiary/aromatic N) is 2. The first kappa shape index (κ1) is 17.2. The van der Waals surface area contributed by atoms with Crippen LogP contribution < -0.4 is 10.6 Å². The Morgan fingerprint density at radius 3 is 2.56 bits per heavy atom. The lowest BCUT2D eigenvalue weighted by Gasteiger charge is -2.26. The van der Waals surface area contributed by atoms with Gasteiger partial charge in [-0.05, 0) is 24.3 Å². The van der Waals surface area contributed by atoms with E-state index in [-0.39, 0.29) is 10.6 Å². The van der Waals surface area contributed by atoms with Crippen molar-refractivity contribution in [3.8, 4) is 0 Å². The highest BCUT2D eigenvalue weighted by Gasteiger charge is 2.15. The van der Waals surface area contributed by atoms with Gasteiger partial charge in [0, 0.05) is 43.6 Å². The average Bonchev–Trinajstić information content (AvgIpc) is 2.63. The topological polar surface area (TPSA) is 79.7 Å². The van der Waals surface area contributed by atoms with Gasteiger partial charge in [-0.1, -0.05) is 18.2 Å². The van der Waals surface area contributed by atoms with Crippen LogP contribution in [-0.2, 0) is 4.74 Å². The Labute approximate surface area is 146 Å². The molecule has 2 N–H and O–H groups in total. The zero-order valence-corrected chi connectivity index (χ0v) is 14.0. The van der Waals surface area contributed by atoms with Gasteiger partial charge in [0.2, 0.25) is 0 Å². The first-order chi connectivity index (χ1) is 12.2. The number of anilines is 3. The zero-order chi connectivity index (χ0) is 17.5. The van der Waals surface area contributed by atoms with E-state index in [9.17, 15) is 10.1 Å². The number of hydrogen-bond acceptors (Lipinski definition) is 6. The lowest BCUT2D eigenvalue weighted by molar-refractivity contribution is -0.383. The van der Waals surface area contributed by atoms with Gasteiger partial charge >= 0.3 is 0 Å². The van der Waals surface area contributed by atoms with Crippen molar-refractivity contribution in [2.75, 3.05) is 50.0 Å². The molecule has 0 spiro atoms. The molecule has 0 aliphatic carbocycles. The highest BCUT2D eigenvalue weighted by Crippen LogP contribution is 2.29. The number of benzene rings is 2. The monoisotopic (exact) mass is 342 g/mol. The lowest BCUT2D eigenvalue weighted by atomic mass is 10.2. The van der Waals surface area contributed by atoms with Gasteiger partial charge in [0.25, 0.3) is 5.69 Å². The summed E-state index contributed by atoms with van der Waals surface area (Å²) in [5.74, 6) is 0. The van der Waals surface area contributed by atoms with Crippen molar-refractivity contribution in [1.29, 1.82) is 0 Å². The summed E-state index contributed by atoms with van der Waals surface area (Å²) in [6.45, 7) is 4.78. The van der Waals surface area contributed by atoms with Crippen LogP contribution in [0.5, 0.6) is 0 Å². The second-order valence-electron chi connectivity index (χ2n) is 5.86. The summed E-state index contributed by atoms with van der Waals surface area (Å²) in [5, 5.41) is 17.7. The highest BCUT2D eigenvalue weighted by molar-refractivity contribution is 5.71. The molecule has 0 amide bonds. The average molecular weight is 342 g/mol. The van der Waals surface area contributed by atoms with Crippen molar-refractivity contribution in [2.24, 2.45) is 0 Å². The first-order valence-corrected chi connectivity index (χ1v) is 8.37. The van der Waals surface area contributed by atoms with Gasteiger partial charge in [0.1, 0.15) is 5.69 Å². The largest absolute Gasteiger partial charge is 0.379 e. The van der Waals surface area contributed by atoms with E-state index < -0.39 is 0 Å². The van der Waals surface area contributed by atoms with Gasteiger partial charge in [-0.15, -0.1) is 0 Å². The highest BCUT2D eigenvalue weighted by atomic mass is 16.6. The van der Waals surface area contributed by atoms with E-state index in [1.54, 1.807) is 12.1 Å². The molecule has 3 rings (SSSR count). The summed E-state index contributed by atoms with van der Waals surface area (Å²) >= 11 is 0. The van der Waals surface area contributed by atoms with Crippen molar-refractivity contribution >= 4 is 22.7 Å². The molecule has 0 radical (unpaired) electrons. The van der Waals surface area contributed by atoms with Crippen LogP contribution in [0.3, 0.4) is 0 Å². The lowest BCUT2D eigenvalue weighted by Crippen LogP contribution is -2.39. The fourth-order valence-electron chi connectivity index (χ4n) is 2.78. The Balaban J connectivity index is 1.66. The van der Waals surface area contributed by atoms with E-state index >= 15 is 0 Å². The van der Waals surface area contributed by atoms with Crippen LogP contribution in [0.4, 0.5) is 22.7 Å². The number of nitro groups is 1. The third-order valence-corrected chi connectivity index (χ3v) is 4.10. The van der Waals surface area contributed by atoms with E-state index in [1.165, 1.54) is 6.07 Å². The molecule has 2 aromatic rings. The molecule has 25 heavy (non-hydrogen) atoms. The summed E-state index contributed by atoms with van der Waals surface area (Å²) in [5.41, 5.74) is 2.36. The Morgan fingerprint density at radius 1 is 1.08 bits per heavy atom. The third-order valence-electron chi connectivity index (χ3n) is 4.10. The van der Waals surface area contributed by atoms with Gasteiger partial charge in [0.15, 0.2) is 0 Å². The molecule has 2 aromatic carbocycles. The second kappa shape index (κ2) is 8.46. The number of nitro benzene ring substituents is 1. The smallest absolute Gasteiger partial charge is 0.292 e. The molecule has 0 bridgehead atoms. The molecule has 1 aliphatic rings. The molecule has 0 unspecified atom stereocenters. The maximum atomic E-state index is 11.3. The van der Waals surface area contributed by atoms with E-state index in [0.717, 1.165) is 44.2 Å². The summed E-state index contributed by atoms with van der Waals surface area (Å²) < 4.78 is 5.33. The standard InChI is InChI=1S/C18H22N4O3/c23-22(24)18-7-6-16(20-15-4-2-1-3-5-15)14-17(18)19-8-9-21-10-12-25-13-11-21/h1-7,14,19-20H,8-13H2. The predicted octanol–water partition coefficient (Wildman–Crippen LogP) is 3.08. The van der Waals surface area contributed by atoms with Crippen LogP contribution in [0.2, 0.25) is 0 Å². The molecule has 0 saturated carbocycles. The molecular weight excluding hydrogens is 320 g/mol. The molecule has 1 heterocycles. The van der Waals surface area contributed by atoms with E-state index in [4.69, 9.17) is 4.74 Å². The van der Waals surface area contributed by atoms with Crippen molar-refractivity contribution < 1.29 is 9.66 Å². The van der Waals surface area contributed by atoms with Gasteiger partial charge < -0.3 is 15.4 Å². The number of ether oxygens (including phenoxy) is 1. The fourth-order valence-corrected chi connectivity index (χ4v) is 2.78. The fraction of sp³-hybridized carbons (Fsp3) is 0.333. The van der Waals surface area contributed by atoms with E-state index in [2.05, 4.69) is 15.5 Å². The third kappa shape index (κ3) is 4.91. The van der Waals surface area contributed by atoms with Gasteiger partial charge in [-0.2, -0.15) is 0 Å². The molecule has 0 atom stereocenters. The van der Waals surface area contributed by atoms with Crippen LogP contribution in [0.1, 0.15) is 0 Å². The van der Waals surface area contributed by atoms with Crippen molar-refractivity contribution in [3.05, 3.63) is 58.6 Å². The van der Waals surface area contributed by atoms with Crippen LogP contribution in [0, 0.1) is 10.1 Å². The second-order valence-corrected chi connectivity index (χ2v) is 5.86. The van der Waals surface area contributed by atoms with Crippen molar-refractivity contribution in [2.45, 2.75) is 0 Å². The Bertz CT molecular complexity index is 703. The maximum absolute atomic E-state index is 11.3. The SMILES string of the molecule is O=[N+]([O-])c1ccc(Nc2ccccc2)cc1NCCN1CCOCC1. The first-order valence-electron chi connectivity index (χ1n) is 8.37. The minimum Gasteiger partial charge on any atom is -0.379 e. The number of hydrogen-bond donors (Lipinski definition) is 2. The van der Waals surface area contributed by atoms with Crippen LogP contribution >= 0.6 is 0 Å². The molecular formula is C18H22N4O3. The summed E-state index contributed by atoms with van der Waals surface area (Å²) in [6.07, 6.45) is 0. The number of para-hydroxylation sites is 1. The molecule has 7 nitrogen and oxygen atoms in total. The molecule has 132 valence electrons. The minimum atomic E-state index is -0.358. The maximum Gasteiger partial charge on any atom is 0.292 e.